The van der Waals surface area contributed by atoms with E-state index in [1.54, 1.807) is 6.20 Å². The second kappa shape index (κ2) is 3.36. The molecule has 1 aromatic rings. The molecule has 1 aromatic heterocycles. The molecule has 2 rings (SSSR count). The molecule has 4 nitrogen and oxygen atoms in total. The average Bonchev–Trinajstić information content (AvgIpc) is 2.57. The van der Waals surface area contributed by atoms with Gasteiger partial charge < -0.3 is 9.63 Å². The largest absolute Gasteiger partial charge is 0.481 e. The van der Waals surface area contributed by atoms with Gasteiger partial charge in [-0.05, 0) is 18.3 Å². The quantitative estimate of drug-likeness (QED) is 0.811. The minimum atomic E-state index is -0.780. The van der Waals surface area contributed by atoms with Gasteiger partial charge in [-0.3, -0.25) is 4.79 Å². The molecule has 0 saturated heterocycles. The lowest BCUT2D eigenvalue weighted by atomic mass is 9.68. The molecule has 1 atom stereocenters. The minimum absolute atomic E-state index is 0.0229. The molecule has 82 valence electrons. The van der Waals surface area contributed by atoms with Crippen LogP contribution >= 0.6 is 0 Å². The number of hydrogen-bond acceptors (Lipinski definition) is 3. The molecule has 0 radical (unpaired) electrons. The van der Waals surface area contributed by atoms with Crippen molar-refractivity contribution in [3.05, 3.63) is 17.5 Å². The van der Waals surface area contributed by atoms with Gasteiger partial charge in [0.05, 0.1) is 12.6 Å². The Bertz CT molecular complexity index is 381. The Morgan fingerprint density at radius 1 is 1.73 bits per heavy atom. The maximum absolute atomic E-state index is 10.8. The highest BCUT2D eigenvalue weighted by Crippen LogP contribution is 2.46. The van der Waals surface area contributed by atoms with Gasteiger partial charge in [0.25, 0.3) is 0 Å². The summed E-state index contributed by atoms with van der Waals surface area (Å²) in [6, 6.07) is 0. The first-order valence-corrected chi connectivity index (χ1v) is 5.16. The fourth-order valence-electron chi connectivity index (χ4n) is 2.27. The molecule has 1 N–H and O–H groups in total. The van der Waals surface area contributed by atoms with Gasteiger partial charge in [0, 0.05) is 11.5 Å². The van der Waals surface area contributed by atoms with Crippen molar-refractivity contribution >= 4 is 5.97 Å². The van der Waals surface area contributed by atoms with Crippen LogP contribution in [0.5, 0.6) is 0 Å². The molecule has 0 spiro atoms. The molecule has 0 aliphatic heterocycles. The van der Waals surface area contributed by atoms with Crippen LogP contribution in [0.4, 0.5) is 0 Å². The first-order valence-electron chi connectivity index (χ1n) is 5.16. The van der Waals surface area contributed by atoms with Crippen LogP contribution in [0.3, 0.4) is 0 Å². The number of carbonyl (C=O) groups is 1. The summed E-state index contributed by atoms with van der Waals surface area (Å²) in [4.78, 5) is 10.8. The topological polar surface area (TPSA) is 63.3 Å². The van der Waals surface area contributed by atoms with E-state index in [1.165, 1.54) is 0 Å². The summed E-state index contributed by atoms with van der Waals surface area (Å²) in [7, 11) is 0. The average molecular weight is 209 g/mol. The summed E-state index contributed by atoms with van der Waals surface area (Å²) in [5.41, 5.74) is 1.05. The van der Waals surface area contributed by atoms with Crippen molar-refractivity contribution in [2.75, 3.05) is 0 Å². The van der Waals surface area contributed by atoms with Crippen molar-refractivity contribution in [1.82, 2.24) is 5.16 Å². The number of aryl methyl sites for hydroxylation is 1. The van der Waals surface area contributed by atoms with Crippen LogP contribution in [-0.2, 0) is 11.2 Å². The van der Waals surface area contributed by atoms with Gasteiger partial charge in [-0.2, -0.15) is 0 Å². The summed E-state index contributed by atoms with van der Waals surface area (Å²) < 4.78 is 5.19. The Labute approximate surface area is 88.3 Å². The number of rotatable bonds is 2. The zero-order valence-corrected chi connectivity index (χ0v) is 8.99. The standard InChI is InChI=1S/C11H15NO3/c1-11(2)4-3-7-6-12-15-10(7)8(11)5-9(13)14/h6,8H,3-5H2,1-2H3,(H,13,14). The number of carboxylic acids is 1. The highest BCUT2D eigenvalue weighted by Gasteiger charge is 2.40. The zero-order chi connectivity index (χ0) is 11.1. The van der Waals surface area contributed by atoms with Gasteiger partial charge in [-0.25, -0.2) is 0 Å². The van der Waals surface area contributed by atoms with Crippen LogP contribution in [0.1, 0.15) is 43.9 Å². The van der Waals surface area contributed by atoms with Gasteiger partial charge >= 0.3 is 5.97 Å². The Kier molecular flexibility index (Phi) is 2.29. The van der Waals surface area contributed by atoms with Crippen LogP contribution in [0.25, 0.3) is 0 Å². The number of fused-ring (bicyclic) bond motifs is 1. The van der Waals surface area contributed by atoms with E-state index < -0.39 is 5.97 Å². The van der Waals surface area contributed by atoms with Crippen LogP contribution in [0.15, 0.2) is 10.7 Å². The summed E-state index contributed by atoms with van der Waals surface area (Å²) in [5.74, 6) is -0.0628. The second-order valence-electron chi connectivity index (χ2n) is 4.85. The third-order valence-corrected chi connectivity index (χ3v) is 3.35. The monoisotopic (exact) mass is 209 g/mol. The summed E-state index contributed by atoms with van der Waals surface area (Å²) in [6.45, 7) is 4.18. The lowest BCUT2D eigenvalue weighted by molar-refractivity contribution is -0.138. The smallest absolute Gasteiger partial charge is 0.304 e. The third-order valence-electron chi connectivity index (χ3n) is 3.35. The van der Waals surface area contributed by atoms with Crippen LogP contribution in [-0.4, -0.2) is 16.2 Å². The highest BCUT2D eigenvalue weighted by molar-refractivity contribution is 5.68. The van der Waals surface area contributed by atoms with Gasteiger partial charge in [0.15, 0.2) is 0 Å². The van der Waals surface area contributed by atoms with E-state index in [9.17, 15) is 4.79 Å². The van der Waals surface area contributed by atoms with E-state index in [0.29, 0.717) is 0 Å². The highest BCUT2D eigenvalue weighted by atomic mass is 16.5. The van der Waals surface area contributed by atoms with E-state index in [2.05, 4.69) is 19.0 Å². The van der Waals surface area contributed by atoms with Gasteiger partial charge in [-0.1, -0.05) is 19.0 Å². The van der Waals surface area contributed by atoms with E-state index in [4.69, 9.17) is 9.63 Å². The molecule has 1 unspecified atom stereocenters. The van der Waals surface area contributed by atoms with E-state index in [0.717, 1.165) is 24.2 Å². The molecule has 0 fully saturated rings. The molecule has 0 amide bonds. The predicted molar refractivity (Wildman–Crippen MR) is 53.6 cm³/mol. The lowest BCUT2D eigenvalue weighted by Gasteiger charge is -2.35. The summed E-state index contributed by atoms with van der Waals surface area (Å²) in [5, 5.41) is 12.7. The number of carboxylic acid groups (broad SMARTS) is 1. The van der Waals surface area contributed by atoms with E-state index in [-0.39, 0.29) is 17.8 Å². The maximum Gasteiger partial charge on any atom is 0.304 e. The molecule has 1 heterocycles. The third kappa shape index (κ3) is 1.76. The Morgan fingerprint density at radius 2 is 2.47 bits per heavy atom. The molecule has 0 bridgehead atoms. The fraction of sp³-hybridized carbons (Fsp3) is 0.636. The molecule has 15 heavy (non-hydrogen) atoms. The number of aliphatic carboxylic acids is 1. The molecule has 1 aliphatic rings. The molecule has 1 aliphatic carbocycles. The second-order valence-corrected chi connectivity index (χ2v) is 4.85. The van der Waals surface area contributed by atoms with E-state index in [1.807, 2.05) is 0 Å². The summed E-state index contributed by atoms with van der Waals surface area (Å²) >= 11 is 0. The van der Waals surface area contributed by atoms with Gasteiger partial charge in [0.1, 0.15) is 5.76 Å². The van der Waals surface area contributed by atoms with Crippen molar-refractivity contribution in [1.29, 1.82) is 0 Å². The Balaban J connectivity index is 2.35. The van der Waals surface area contributed by atoms with E-state index >= 15 is 0 Å². The molecular weight excluding hydrogens is 194 g/mol. The van der Waals surface area contributed by atoms with Crippen molar-refractivity contribution in [2.45, 2.75) is 39.0 Å². The zero-order valence-electron chi connectivity index (χ0n) is 8.99. The SMILES string of the molecule is CC1(C)CCc2cnoc2C1CC(=O)O. The number of nitrogens with zero attached hydrogens (tertiary/aromatic N) is 1. The fourth-order valence-corrected chi connectivity index (χ4v) is 2.27. The molecular formula is C11H15NO3. The van der Waals surface area contributed by atoms with Gasteiger partial charge in [0.2, 0.25) is 0 Å². The predicted octanol–water partition coefficient (Wildman–Crippen LogP) is 2.21. The Morgan fingerprint density at radius 3 is 3.13 bits per heavy atom. The maximum atomic E-state index is 10.8. The van der Waals surface area contributed by atoms with Crippen molar-refractivity contribution in [3.63, 3.8) is 0 Å². The molecule has 0 aromatic carbocycles. The number of hydrogen-bond donors (Lipinski definition) is 1. The normalized spacial score (nSPS) is 23.5. The van der Waals surface area contributed by atoms with Crippen LogP contribution in [0, 0.1) is 5.41 Å². The molecule has 0 saturated carbocycles. The minimum Gasteiger partial charge on any atom is -0.481 e. The number of aromatic nitrogens is 1. The first-order chi connectivity index (χ1) is 7.00. The van der Waals surface area contributed by atoms with Crippen LogP contribution in [0.2, 0.25) is 0 Å². The van der Waals surface area contributed by atoms with Crippen molar-refractivity contribution in [2.24, 2.45) is 5.41 Å². The molecule has 4 heteroatoms. The lowest BCUT2D eigenvalue weighted by Crippen LogP contribution is -2.29. The Hall–Kier alpha value is -1.32. The first kappa shape index (κ1) is 10.2. The van der Waals surface area contributed by atoms with Crippen molar-refractivity contribution < 1.29 is 14.4 Å². The van der Waals surface area contributed by atoms with Crippen molar-refractivity contribution in [3.8, 4) is 0 Å². The summed E-state index contributed by atoms with van der Waals surface area (Å²) in [6.07, 6.45) is 3.75. The van der Waals surface area contributed by atoms with Crippen LogP contribution < -0.4 is 0 Å². The van der Waals surface area contributed by atoms with Gasteiger partial charge in [-0.15, -0.1) is 0 Å².